The first kappa shape index (κ1) is 22.5. The predicted octanol–water partition coefficient (Wildman–Crippen LogP) is 3.56. The van der Waals surface area contributed by atoms with E-state index < -0.39 is 23.0 Å². The summed E-state index contributed by atoms with van der Waals surface area (Å²) >= 11 is 5.62. The van der Waals surface area contributed by atoms with Crippen LogP contribution in [0.15, 0.2) is 12.3 Å². The Balaban J connectivity index is 1.66. The number of alkyl halides is 3. The molecule has 0 N–H and O–H groups in total. The molecule has 0 bridgehead atoms. The average Bonchev–Trinajstić information content (AvgIpc) is 2.99. The van der Waals surface area contributed by atoms with Crippen LogP contribution in [0.1, 0.15) is 56.2 Å². The quantitative estimate of drug-likeness (QED) is 0.497. The van der Waals surface area contributed by atoms with Crippen molar-refractivity contribution in [2.45, 2.75) is 62.7 Å². The van der Waals surface area contributed by atoms with Crippen molar-refractivity contribution in [3.05, 3.63) is 23.5 Å². The number of rotatable bonds is 3. The molecule has 0 unspecified atom stereocenters. The minimum atomic E-state index is -4.79. The number of methoxy groups -OCH3 is 1. The number of thiocarbonyl (C=S) groups is 1. The van der Waals surface area contributed by atoms with Crippen molar-refractivity contribution in [2.24, 2.45) is 5.92 Å². The van der Waals surface area contributed by atoms with Gasteiger partial charge >= 0.3 is 12.1 Å². The number of carbonyl (C=O) groups is 2. The molecule has 2 aliphatic carbocycles. The SMILES string of the molecule is COC(=O)C1CCC(N2C(=S)N(c3cnc(C#N)c(C(F)(F)F)c3)C(=O)C23CCC3)CC1. The fourth-order valence-corrected chi connectivity index (χ4v) is 5.52. The smallest absolute Gasteiger partial charge is 0.419 e. The normalized spacial score (nSPS) is 25.0. The summed E-state index contributed by atoms with van der Waals surface area (Å²) in [7, 11) is 1.35. The van der Waals surface area contributed by atoms with Gasteiger partial charge in [-0.25, -0.2) is 4.98 Å². The number of amides is 1. The maximum absolute atomic E-state index is 13.5. The number of carbonyl (C=O) groups excluding carboxylic acids is 2. The van der Waals surface area contributed by atoms with E-state index in [9.17, 15) is 22.8 Å². The van der Waals surface area contributed by atoms with Crippen LogP contribution in [0, 0.1) is 17.2 Å². The highest BCUT2D eigenvalue weighted by Crippen LogP contribution is 2.49. The van der Waals surface area contributed by atoms with E-state index in [2.05, 4.69) is 4.98 Å². The van der Waals surface area contributed by atoms with Crippen LogP contribution in [0.4, 0.5) is 18.9 Å². The highest BCUT2D eigenvalue weighted by molar-refractivity contribution is 7.80. The van der Waals surface area contributed by atoms with Gasteiger partial charge < -0.3 is 9.64 Å². The lowest BCUT2D eigenvalue weighted by atomic mass is 9.73. The summed E-state index contributed by atoms with van der Waals surface area (Å²) in [6.45, 7) is 0. The van der Waals surface area contributed by atoms with Gasteiger partial charge in [-0.2, -0.15) is 18.4 Å². The lowest BCUT2D eigenvalue weighted by molar-refractivity contribution is -0.147. The second-order valence-electron chi connectivity index (χ2n) is 8.41. The molecule has 7 nitrogen and oxygen atoms in total. The molecule has 1 spiro atoms. The monoisotopic (exact) mass is 466 g/mol. The maximum atomic E-state index is 13.5. The van der Waals surface area contributed by atoms with E-state index in [1.54, 1.807) is 0 Å². The number of esters is 1. The van der Waals surface area contributed by atoms with Crippen LogP contribution < -0.4 is 4.90 Å². The molecule has 0 radical (unpaired) electrons. The van der Waals surface area contributed by atoms with Gasteiger partial charge in [0.15, 0.2) is 10.8 Å². The summed E-state index contributed by atoms with van der Waals surface area (Å²) in [4.78, 5) is 32.0. The average molecular weight is 466 g/mol. The number of anilines is 1. The van der Waals surface area contributed by atoms with Crippen LogP contribution >= 0.6 is 12.2 Å². The molecule has 11 heteroatoms. The van der Waals surface area contributed by atoms with E-state index in [4.69, 9.17) is 22.2 Å². The van der Waals surface area contributed by atoms with E-state index in [-0.39, 0.29) is 34.6 Å². The van der Waals surface area contributed by atoms with E-state index in [1.807, 2.05) is 4.90 Å². The van der Waals surface area contributed by atoms with Gasteiger partial charge in [0.25, 0.3) is 5.91 Å². The van der Waals surface area contributed by atoms with Gasteiger partial charge in [0, 0.05) is 6.04 Å². The third kappa shape index (κ3) is 3.41. The van der Waals surface area contributed by atoms with Gasteiger partial charge in [0.05, 0.1) is 30.5 Å². The first-order valence-electron chi connectivity index (χ1n) is 10.4. The number of nitriles is 1. The number of aromatic nitrogens is 1. The predicted molar refractivity (Wildman–Crippen MR) is 110 cm³/mol. The molecule has 4 rings (SSSR count). The highest BCUT2D eigenvalue weighted by atomic mass is 32.1. The molecular formula is C21H21F3N4O3S. The minimum Gasteiger partial charge on any atom is -0.469 e. The number of hydrogen-bond donors (Lipinski definition) is 0. The molecule has 2 heterocycles. The Bertz CT molecular complexity index is 1010. The third-order valence-corrected chi connectivity index (χ3v) is 7.16. The first-order chi connectivity index (χ1) is 15.1. The van der Waals surface area contributed by atoms with Gasteiger partial charge in [-0.1, -0.05) is 0 Å². The van der Waals surface area contributed by atoms with Gasteiger partial charge in [-0.05, 0) is 63.2 Å². The standard InChI is InChI=1S/C21H21F3N4O3S/c1-31-17(29)12-3-5-13(6-4-12)28-19(32)27(18(30)20(28)7-2-8-20)14-9-15(21(22,23)24)16(10-25)26-11-14/h9,11-13H,2-8H2,1H3. The number of hydrogen-bond acceptors (Lipinski definition) is 6. The molecule has 0 atom stereocenters. The third-order valence-electron chi connectivity index (χ3n) is 6.78. The Morgan fingerprint density at radius 3 is 2.47 bits per heavy atom. The molecule has 1 aromatic rings. The summed E-state index contributed by atoms with van der Waals surface area (Å²) in [5.74, 6) is -0.816. The Morgan fingerprint density at radius 1 is 1.31 bits per heavy atom. The fraction of sp³-hybridized carbons (Fsp3) is 0.571. The van der Waals surface area contributed by atoms with E-state index >= 15 is 0 Å². The van der Waals surface area contributed by atoms with Gasteiger partial charge in [0.2, 0.25) is 0 Å². The van der Waals surface area contributed by atoms with Crippen molar-refractivity contribution >= 4 is 34.9 Å². The second kappa shape index (κ2) is 7.99. The molecule has 3 aliphatic rings. The molecule has 1 aliphatic heterocycles. The lowest BCUT2D eigenvalue weighted by Gasteiger charge is -2.48. The lowest BCUT2D eigenvalue weighted by Crippen LogP contribution is -2.58. The first-order valence-corrected chi connectivity index (χ1v) is 10.8. The van der Waals surface area contributed by atoms with Crippen molar-refractivity contribution in [1.29, 1.82) is 5.26 Å². The Kier molecular flexibility index (Phi) is 5.61. The summed E-state index contributed by atoms with van der Waals surface area (Å²) in [5.41, 5.74) is -2.92. The van der Waals surface area contributed by atoms with E-state index in [0.29, 0.717) is 38.5 Å². The minimum absolute atomic E-state index is 0.0916. The van der Waals surface area contributed by atoms with Crippen molar-refractivity contribution in [1.82, 2.24) is 9.88 Å². The maximum Gasteiger partial charge on any atom is 0.419 e. The Labute approximate surface area is 188 Å². The van der Waals surface area contributed by atoms with Crippen molar-refractivity contribution < 1.29 is 27.5 Å². The molecule has 32 heavy (non-hydrogen) atoms. The molecule has 1 amide bonds. The summed E-state index contributed by atoms with van der Waals surface area (Å²) in [5, 5.41) is 9.15. The number of pyridine rings is 1. The van der Waals surface area contributed by atoms with Crippen molar-refractivity contribution in [3.8, 4) is 6.07 Å². The van der Waals surface area contributed by atoms with Crippen LogP contribution in [0.3, 0.4) is 0 Å². The topological polar surface area (TPSA) is 86.5 Å². The highest BCUT2D eigenvalue weighted by Gasteiger charge is 2.61. The van der Waals surface area contributed by atoms with Crippen LogP contribution in [-0.4, -0.2) is 45.6 Å². The van der Waals surface area contributed by atoms with Gasteiger partial charge in [-0.15, -0.1) is 0 Å². The number of halogens is 3. The zero-order valence-corrected chi connectivity index (χ0v) is 18.1. The largest absolute Gasteiger partial charge is 0.469 e. The molecule has 2 saturated carbocycles. The molecule has 170 valence electrons. The van der Waals surface area contributed by atoms with Crippen LogP contribution in [0.25, 0.3) is 0 Å². The zero-order chi connectivity index (χ0) is 23.3. The van der Waals surface area contributed by atoms with E-state index in [1.165, 1.54) is 13.2 Å². The molecule has 3 fully saturated rings. The fourth-order valence-electron chi connectivity index (χ4n) is 5.01. The van der Waals surface area contributed by atoms with E-state index in [0.717, 1.165) is 23.6 Å². The van der Waals surface area contributed by atoms with Crippen LogP contribution in [0.5, 0.6) is 0 Å². The number of ether oxygens (including phenoxy) is 1. The Hall–Kier alpha value is -2.74. The van der Waals surface area contributed by atoms with Crippen LogP contribution in [-0.2, 0) is 20.5 Å². The summed E-state index contributed by atoms with van der Waals surface area (Å²) in [6.07, 6.45) is 0.680. The molecular weight excluding hydrogens is 445 g/mol. The van der Waals surface area contributed by atoms with Gasteiger partial charge in [0.1, 0.15) is 11.6 Å². The second-order valence-corrected chi connectivity index (χ2v) is 8.77. The zero-order valence-electron chi connectivity index (χ0n) is 17.3. The van der Waals surface area contributed by atoms with Crippen LogP contribution in [0.2, 0.25) is 0 Å². The summed E-state index contributed by atoms with van der Waals surface area (Å²) < 4.78 is 45.2. The van der Waals surface area contributed by atoms with Crippen molar-refractivity contribution in [3.63, 3.8) is 0 Å². The van der Waals surface area contributed by atoms with Crippen molar-refractivity contribution in [2.75, 3.05) is 12.0 Å². The molecule has 1 aromatic heterocycles. The van der Waals surface area contributed by atoms with Gasteiger partial charge in [-0.3, -0.25) is 14.5 Å². The Morgan fingerprint density at radius 2 is 1.97 bits per heavy atom. The molecule has 0 aromatic carbocycles. The number of nitrogens with zero attached hydrogens (tertiary/aromatic N) is 4. The molecule has 1 saturated heterocycles. The summed E-state index contributed by atoms with van der Waals surface area (Å²) in [6, 6.07) is 2.12.